The van der Waals surface area contributed by atoms with Gasteiger partial charge in [0.2, 0.25) is 28.6 Å². The molecule has 0 amide bonds. The largest absolute Gasteiger partial charge is 0.508 e. The molecule has 26 nitrogen and oxygen atoms in total. The molecule has 19 N–H and O–H groups in total. The molecule has 2 saturated heterocycles. The highest BCUT2D eigenvalue weighted by atomic mass is 16.6. The second-order valence-corrected chi connectivity index (χ2v) is 18.4. The average Bonchev–Trinajstić information content (AvgIpc) is 3.80. The Morgan fingerprint density at radius 2 is 1.13 bits per heavy atom. The van der Waals surface area contributed by atoms with Crippen molar-refractivity contribution in [1.82, 2.24) is 0 Å². The fourth-order valence-corrected chi connectivity index (χ4v) is 9.78. The smallest absolute Gasteiger partial charge is 0.219 e. The topological polar surface area (TPSA) is 480 Å². The van der Waals surface area contributed by atoms with Gasteiger partial charge < -0.3 is 111 Å². The molecule has 0 bridgehead atoms. The minimum atomic E-state index is -4.12. The number of benzene rings is 2. The zero-order valence-corrected chi connectivity index (χ0v) is 38.8. The van der Waals surface area contributed by atoms with Crippen molar-refractivity contribution in [2.24, 2.45) is 11.8 Å². The fourth-order valence-electron chi connectivity index (χ4n) is 9.78. The fraction of sp³-hybridized carbons (Fsp3) is 0.429. The summed E-state index contributed by atoms with van der Waals surface area (Å²) in [6, 6.07) is 9.85. The highest BCUT2D eigenvalue weighted by Gasteiger charge is 2.70. The second-order valence-electron chi connectivity index (χ2n) is 18.4. The first-order chi connectivity index (χ1) is 35.4. The Labute approximate surface area is 422 Å². The van der Waals surface area contributed by atoms with Crippen LogP contribution in [0.4, 0.5) is 0 Å². The predicted octanol–water partition coefficient (Wildman–Crippen LogP) is -5.70. The van der Waals surface area contributed by atoms with E-state index < -0.39 is 197 Å². The molecule has 3 aliphatic heterocycles. The van der Waals surface area contributed by atoms with Crippen LogP contribution in [0.3, 0.4) is 0 Å². The number of ketones is 4. The molecule has 406 valence electrons. The van der Waals surface area contributed by atoms with Crippen LogP contribution >= 0.6 is 0 Å². The van der Waals surface area contributed by atoms with Crippen molar-refractivity contribution in [1.29, 1.82) is 0 Å². The number of allylic oxidation sites excluding steroid dienone is 4. The first kappa shape index (κ1) is 56.4. The molecular weight excluding hydrogens is 1000 g/mol. The van der Waals surface area contributed by atoms with Gasteiger partial charge in [0.25, 0.3) is 0 Å². The van der Waals surface area contributed by atoms with Crippen LogP contribution in [-0.4, -0.2) is 237 Å². The molecule has 0 saturated carbocycles. The van der Waals surface area contributed by atoms with E-state index in [0.29, 0.717) is 12.2 Å². The van der Waals surface area contributed by atoms with Crippen molar-refractivity contribution in [3.05, 3.63) is 117 Å². The third-order valence-electron chi connectivity index (χ3n) is 13.9. The number of phenols is 2. The van der Waals surface area contributed by atoms with Gasteiger partial charge in [0.15, 0.2) is 5.78 Å². The summed E-state index contributed by atoms with van der Waals surface area (Å²) in [5.74, 6) is -19.1. The summed E-state index contributed by atoms with van der Waals surface area (Å²) in [7, 11) is 0. The molecular formula is C49H54O26. The molecule has 0 radical (unpaired) electrons. The standard InChI is InChI=1S/C49H54O26/c50-13-21-32(59)25(15-52)73-46(33(21)60)49(72)43(69)28(23(57)12-6-18-3-9-20(55)10-4-18)37(64)31-29(41(75-45(31)49)39(66)34(61)24(58)14-51)30-36(63)27(22(56)11-5-17-1-7-19(54)8-2-17)42(68)48(71,44(30)70)47-40(67)38(65)35(62)26(16-53)74-47/h1-12,21,24-26,29,32-35,38-41,46-47,50-56,58-67,71-72H,13-16H2/b11-5+,12-6+,27-22+/t21-,24-,25+,26-,29-,32-,33+,34-,35-,38+,39+,40-,41+,46+,47-,48-,49-/m1/s1. The molecule has 7 rings (SSSR count). The normalized spacial score (nSPS) is 35.5. The van der Waals surface area contributed by atoms with E-state index in [9.17, 15) is 107 Å². The SMILES string of the molecule is O=C(/C=C/c1ccc(O)cc1)C1=C(O)C2=C(O[C@H]([C@@H](O)[C@H](O)[C@H](O)CO)[C@@H]2C2=C(O)/C(=C(O)/C=C/c3ccc(O)cc3)C(=O)[C@](O)([C@@H]3O[C@H](CO)[C@@H](O)[C@H](O)[C@H]3O)C2=O)[C@@](O)([C@H]2O[C@@H](CO)[C@H](O)[C@@H](CO)[C@@H]2O)C1=O. The third-order valence-corrected chi connectivity index (χ3v) is 13.9. The summed E-state index contributed by atoms with van der Waals surface area (Å²) < 4.78 is 17.1. The molecule has 17 atom stereocenters. The minimum absolute atomic E-state index is 0.150. The van der Waals surface area contributed by atoms with E-state index in [4.69, 9.17) is 14.2 Å². The Kier molecular flexibility index (Phi) is 16.4. The zero-order valence-electron chi connectivity index (χ0n) is 38.8. The van der Waals surface area contributed by atoms with Gasteiger partial charge in [-0.25, -0.2) is 0 Å². The number of Topliss-reactive ketones (excluding diaryl/α,β-unsaturated/α-hetero) is 3. The zero-order chi connectivity index (χ0) is 55.3. The number of rotatable bonds is 15. The van der Waals surface area contributed by atoms with Crippen molar-refractivity contribution in [3.8, 4) is 11.5 Å². The molecule has 2 aromatic rings. The van der Waals surface area contributed by atoms with Crippen LogP contribution in [0.25, 0.3) is 12.2 Å². The number of ether oxygens (including phenoxy) is 3. The summed E-state index contributed by atoms with van der Waals surface area (Å²) in [4.78, 5) is 59.6. The van der Waals surface area contributed by atoms with Crippen LogP contribution in [0.5, 0.6) is 11.5 Å². The van der Waals surface area contributed by atoms with Crippen molar-refractivity contribution in [3.63, 3.8) is 0 Å². The average molecular weight is 1060 g/mol. The number of aliphatic hydroxyl groups is 17. The van der Waals surface area contributed by atoms with Crippen molar-refractivity contribution in [2.75, 3.05) is 26.4 Å². The molecule has 26 heteroatoms. The van der Waals surface area contributed by atoms with E-state index in [1.165, 1.54) is 48.5 Å². The Hall–Kier alpha value is -6.28. The molecule has 3 heterocycles. The lowest BCUT2D eigenvalue weighted by Crippen LogP contribution is -2.71. The number of carbonyl (C=O) groups excluding carboxylic acids is 4. The first-order valence-electron chi connectivity index (χ1n) is 22.8. The summed E-state index contributed by atoms with van der Waals surface area (Å²) in [6.45, 7) is -4.95. The molecule has 75 heavy (non-hydrogen) atoms. The minimum Gasteiger partial charge on any atom is -0.508 e. The van der Waals surface area contributed by atoms with Gasteiger partial charge >= 0.3 is 0 Å². The predicted molar refractivity (Wildman–Crippen MR) is 246 cm³/mol. The maximum Gasteiger partial charge on any atom is 0.219 e. The quantitative estimate of drug-likeness (QED) is 0.0342. The molecule has 0 spiro atoms. The molecule has 5 aliphatic rings. The Morgan fingerprint density at radius 3 is 1.65 bits per heavy atom. The summed E-state index contributed by atoms with van der Waals surface area (Å²) in [6.07, 6.45) is -28.6. The summed E-state index contributed by atoms with van der Waals surface area (Å²) in [5.41, 5.74) is -13.6. The summed E-state index contributed by atoms with van der Waals surface area (Å²) >= 11 is 0. The first-order valence-corrected chi connectivity index (χ1v) is 22.8. The molecule has 2 aliphatic carbocycles. The highest BCUT2D eigenvalue weighted by Crippen LogP contribution is 2.55. The lowest BCUT2D eigenvalue weighted by atomic mass is 9.65. The number of phenolic OH excluding ortho intramolecular Hbond substituents is 2. The van der Waals surface area contributed by atoms with Crippen molar-refractivity contribution < 1.29 is 130 Å². The van der Waals surface area contributed by atoms with E-state index in [-0.39, 0.29) is 22.6 Å². The van der Waals surface area contributed by atoms with Gasteiger partial charge in [0, 0.05) is 11.5 Å². The van der Waals surface area contributed by atoms with Crippen LogP contribution < -0.4 is 0 Å². The number of aliphatic hydroxyl groups excluding tert-OH is 15. The Balaban J connectivity index is 1.58. The van der Waals surface area contributed by atoms with Crippen LogP contribution in [0.15, 0.2) is 106 Å². The molecule has 2 aromatic carbocycles. The maximum absolute atomic E-state index is 15.4. The van der Waals surface area contributed by atoms with Gasteiger partial charge in [0.05, 0.1) is 50.1 Å². The number of hydrogen-bond donors (Lipinski definition) is 19. The van der Waals surface area contributed by atoms with Crippen LogP contribution in [0, 0.1) is 11.8 Å². The Bertz CT molecular complexity index is 2740. The Morgan fingerprint density at radius 1 is 0.613 bits per heavy atom. The number of hydrogen-bond acceptors (Lipinski definition) is 26. The highest BCUT2D eigenvalue weighted by molar-refractivity contribution is 6.30. The van der Waals surface area contributed by atoms with Crippen LogP contribution in [0.2, 0.25) is 0 Å². The van der Waals surface area contributed by atoms with Crippen molar-refractivity contribution in [2.45, 2.75) is 90.6 Å². The number of aromatic hydroxyl groups is 2. The monoisotopic (exact) mass is 1060 g/mol. The van der Waals surface area contributed by atoms with Gasteiger partial charge in [-0.1, -0.05) is 36.4 Å². The maximum atomic E-state index is 15.4. The van der Waals surface area contributed by atoms with Crippen LogP contribution in [0.1, 0.15) is 11.1 Å². The number of carbonyl (C=O) groups is 4. The lowest BCUT2D eigenvalue weighted by Gasteiger charge is -2.48. The molecule has 2 fully saturated rings. The van der Waals surface area contributed by atoms with E-state index in [1.54, 1.807) is 0 Å². The molecule has 0 unspecified atom stereocenters. The van der Waals surface area contributed by atoms with E-state index in [0.717, 1.165) is 12.2 Å². The molecule has 0 aromatic heterocycles. The van der Waals surface area contributed by atoms with Crippen molar-refractivity contribution >= 4 is 35.3 Å². The van der Waals surface area contributed by atoms with E-state index in [1.807, 2.05) is 0 Å². The second kappa shape index (κ2) is 21.8. The van der Waals surface area contributed by atoms with Gasteiger partial charge in [-0.05, 0) is 47.5 Å². The van der Waals surface area contributed by atoms with Gasteiger partial charge in [0.1, 0.15) is 113 Å². The van der Waals surface area contributed by atoms with Gasteiger partial charge in [-0.2, -0.15) is 0 Å². The third kappa shape index (κ3) is 9.47. The van der Waals surface area contributed by atoms with E-state index in [2.05, 4.69) is 0 Å². The van der Waals surface area contributed by atoms with Gasteiger partial charge in [-0.3, -0.25) is 19.2 Å². The lowest BCUT2D eigenvalue weighted by molar-refractivity contribution is -0.260. The van der Waals surface area contributed by atoms with Crippen LogP contribution in [-0.2, 0) is 33.4 Å². The summed E-state index contributed by atoms with van der Waals surface area (Å²) in [5, 5.41) is 211. The van der Waals surface area contributed by atoms with Gasteiger partial charge in [-0.15, -0.1) is 0 Å². The van der Waals surface area contributed by atoms with E-state index >= 15 is 9.59 Å².